The van der Waals surface area contributed by atoms with E-state index in [0.717, 1.165) is 0 Å². The normalized spacial score (nSPS) is 9.81. The summed E-state index contributed by atoms with van der Waals surface area (Å²) in [7, 11) is 0. The van der Waals surface area contributed by atoms with Crippen LogP contribution in [0.15, 0.2) is 24.3 Å². The van der Waals surface area contributed by atoms with Crippen LogP contribution in [0.2, 0.25) is 0 Å². The third kappa shape index (κ3) is 3.70. The minimum Gasteiger partial charge on any atom is -0.366 e. The topological polar surface area (TPSA) is 98.2 Å². The fourth-order valence-electron chi connectivity index (χ4n) is 1.24. The Hall–Kier alpha value is -1.88. The summed E-state index contributed by atoms with van der Waals surface area (Å²) in [5, 5.41) is 2.67. The summed E-state index contributed by atoms with van der Waals surface area (Å²) in [5.74, 6) is -0.634. The fraction of sp³-hybridized carbons (Fsp3) is 0.273. The Kier molecular flexibility index (Phi) is 4.47. The molecule has 0 saturated heterocycles. The van der Waals surface area contributed by atoms with E-state index in [2.05, 4.69) is 5.32 Å². The van der Waals surface area contributed by atoms with E-state index in [0.29, 0.717) is 30.6 Å². The molecule has 0 aliphatic rings. The molecule has 0 unspecified atom stereocenters. The second kappa shape index (κ2) is 5.87. The predicted octanol–water partition coefficient (Wildman–Crippen LogP) is 0.463. The van der Waals surface area contributed by atoms with Crippen LogP contribution in [0.1, 0.15) is 23.2 Å². The van der Waals surface area contributed by atoms with E-state index in [9.17, 15) is 9.59 Å². The van der Waals surface area contributed by atoms with E-state index in [1.54, 1.807) is 24.3 Å². The molecule has 1 rings (SSSR count). The molecule has 5 heteroatoms. The van der Waals surface area contributed by atoms with Crippen LogP contribution in [0.25, 0.3) is 0 Å². The van der Waals surface area contributed by atoms with Gasteiger partial charge in [0.25, 0.3) is 0 Å². The largest absolute Gasteiger partial charge is 0.366 e. The lowest BCUT2D eigenvalue weighted by molar-refractivity contribution is -0.116. The number of hydrogen-bond donors (Lipinski definition) is 3. The Morgan fingerprint density at radius 2 is 2.06 bits per heavy atom. The summed E-state index contributed by atoms with van der Waals surface area (Å²) in [6.45, 7) is 0.481. The standard InChI is InChI=1S/C11H15N3O2/c12-6-2-5-10(15)14-9-4-1-3-8(7-9)11(13)16/h1,3-4,7H,2,5-6,12H2,(H2,13,16)(H,14,15). The average molecular weight is 221 g/mol. The maximum atomic E-state index is 11.4. The van der Waals surface area contributed by atoms with Crippen LogP contribution in [0, 0.1) is 0 Å². The number of nitrogens with one attached hydrogen (secondary N) is 1. The molecule has 1 aromatic carbocycles. The van der Waals surface area contributed by atoms with Crippen molar-refractivity contribution in [2.24, 2.45) is 11.5 Å². The Labute approximate surface area is 93.8 Å². The predicted molar refractivity (Wildman–Crippen MR) is 61.9 cm³/mol. The molecule has 86 valence electrons. The quantitative estimate of drug-likeness (QED) is 0.673. The van der Waals surface area contributed by atoms with E-state index in [4.69, 9.17) is 11.5 Å². The summed E-state index contributed by atoms with van der Waals surface area (Å²) in [4.78, 5) is 22.3. The minimum atomic E-state index is -0.516. The lowest BCUT2D eigenvalue weighted by Gasteiger charge is -2.05. The first-order valence-electron chi connectivity index (χ1n) is 5.03. The molecule has 5 N–H and O–H groups in total. The Bertz CT molecular complexity index is 391. The zero-order valence-electron chi connectivity index (χ0n) is 8.90. The first-order valence-corrected chi connectivity index (χ1v) is 5.03. The van der Waals surface area contributed by atoms with E-state index in [1.165, 1.54) is 0 Å². The first-order chi connectivity index (χ1) is 7.63. The molecule has 5 nitrogen and oxygen atoms in total. The molecule has 0 bridgehead atoms. The van der Waals surface area contributed by atoms with Crippen molar-refractivity contribution in [2.75, 3.05) is 11.9 Å². The number of rotatable bonds is 5. The molecular weight excluding hydrogens is 206 g/mol. The SMILES string of the molecule is NCCCC(=O)Nc1cccc(C(N)=O)c1. The molecule has 0 spiro atoms. The van der Waals surface area contributed by atoms with Crippen molar-refractivity contribution in [2.45, 2.75) is 12.8 Å². The Balaban J connectivity index is 2.63. The van der Waals surface area contributed by atoms with Crippen LogP contribution in [-0.4, -0.2) is 18.4 Å². The summed E-state index contributed by atoms with van der Waals surface area (Å²) in [6, 6.07) is 6.51. The number of hydrogen-bond acceptors (Lipinski definition) is 3. The van der Waals surface area contributed by atoms with E-state index in [-0.39, 0.29) is 5.91 Å². The van der Waals surface area contributed by atoms with Crippen molar-refractivity contribution < 1.29 is 9.59 Å². The van der Waals surface area contributed by atoms with Crippen molar-refractivity contribution in [3.63, 3.8) is 0 Å². The molecule has 1 aromatic rings. The second-order valence-corrected chi connectivity index (χ2v) is 3.39. The lowest BCUT2D eigenvalue weighted by atomic mass is 10.2. The summed E-state index contributed by atoms with van der Waals surface area (Å²) in [6.07, 6.45) is 1.01. The third-order valence-electron chi connectivity index (χ3n) is 2.04. The molecule has 0 saturated carbocycles. The van der Waals surface area contributed by atoms with Crippen LogP contribution < -0.4 is 16.8 Å². The molecule has 0 aliphatic carbocycles. The van der Waals surface area contributed by atoms with Gasteiger partial charge in [0.2, 0.25) is 11.8 Å². The van der Waals surface area contributed by atoms with Crippen LogP contribution in [0.3, 0.4) is 0 Å². The molecule has 16 heavy (non-hydrogen) atoms. The number of anilines is 1. The van der Waals surface area contributed by atoms with Crippen LogP contribution >= 0.6 is 0 Å². The van der Waals surface area contributed by atoms with Crippen molar-refractivity contribution >= 4 is 17.5 Å². The van der Waals surface area contributed by atoms with Gasteiger partial charge in [-0.25, -0.2) is 0 Å². The van der Waals surface area contributed by atoms with E-state index < -0.39 is 5.91 Å². The number of benzene rings is 1. The highest BCUT2D eigenvalue weighted by Crippen LogP contribution is 2.10. The molecule has 0 radical (unpaired) electrons. The maximum absolute atomic E-state index is 11.4. The second-order valence-electron chi connectivity index (χ2n) is 3.39. The number of carbonyl (C=O) groups excluding carboxylic acids is 2. The molecule has 0 fully saturated rings. The highest BCUT2D eigenvalue weighted by atomic mass is 16.2. The van der Waals surface area contributed by atoms with Gasteiger partial charge in [-0.05, 0) is 31.2 Å². The van der Waals surface area contributed by atoms with E-state index in [1.807, 2.05) is 0 Å². The van der Waals surface area contributed by atoms with Crippen molar-refractivity contribution in [1.29, 1.82) is 0 Å². The van der Waals surface area contributed by atoms with Gasteiger partial charge < -0.3 is 16.8 Å². The third-order valence-corrected chi connectivity index (χ3v) is 2.04. The fourth-order valence-corrected chi connectivity index (χ4v) is 1.24. The molecule has 0 heterocycles. The maximum Gasteiger partial charge on any atom is 0.248 e. The van der Waals surface area contributed by atoms with Gasteiger partial charge >= 0.3 is 0 Å². The van der Waals surface area contributed by atoms with Crippen molar-refractivity contribution in [1.82, 2.24) is 0 Å². The monoisotopic (exact) mass is 221 g/mol. The van der Waals surface area contributed by atoms with Crippen molar-refractivity contribution in [3.8, 4) is 0 Å². The minimum absolute atomic E-state index is 0.118. The summed E-state index contributed by atoms with van der Waals surface area (Å²) >= 11 is 0. The summed E-state index contributed by atoms with van der Waals surface area (Å²) in [5.41, 5.74) is 11.4. The van der Waals surface area contributed by atoms with Crippen LogP contribution in [0.4, 0.5) is 5.69 Å². The summed E-state index contributed by atoms with van der Waals surface area (Å²) < 4.78 is 0. The molecule has 0 aromatic heterocycles. The number of carbonyl (C=O) groups is 2. The zero-order chi connectivity index (χ0) is 12.0. The lowest BCUT2D eigenvalue weighted by Crippen LogP contribution is -2.15. The van der Waals surface area contributed by atoms with Gasteiger partial charge in [-0.2, -0.15) is 0 Å². The molecule has 0 aliphatic heterocycles. The van der Waals surface area contributed by atoms with Gasteiger partial charge in [0, 0.05) is 17.7 Å². The smallest absolute Gasteiger partial charge is 0.248 e. The van der Waals surface area contributed by atoms with E-state index >= 15 is 0 Å². The van der Waals surface area contributed by atoms with Crippen LogP contribution in [-0.2, 0) is 4.79 Å². The van der Waals surface area contributed by atoms with Gasteiger partial charge in [0.1, 0.15) is 0 Å². The average Bonchev–Trinajstić information content (AvgIpc) is 2.26. The first kappa shape index (κ1) is 12.2. The van der Waals surface area contributed by atoms with Gasteiger partial charge in [-0.15, -0.1) is 0 Å². The highest BCUT2D eigenvalue weighted by molar-refractivity contribution is 5.96. The number of primary amides is 1. The molecular formula is C11H15N3O2. The Morgan fingerprint density at radius 1 is 1.31 bits per heavy atom. The van der Waals surface area contributed by atoms with Gasteiger partial charge in [-0.1, -0.05) is 6.07 Å². The number of amides is 2. The number of nitrogens with two attached hydrogens (primary N) is 2. The van der Waals surface area contributed by atoms with Gasteiger partial charge in [-0.3, -0.25) is 9.59 Å². The van der Waals surface area contributed by atoms with Gasteiger partial charge in [0.05, 0.1) is 0 Å². The molecule has 0 atom stereocenters. The highest BCUT2D eigenvalue weighted by Gasteiger charge is 2.04. The Morgan fingerprint density at radius 3 is 2.69 bits per heavy atom. The zero-order valence-corrected chi connectivity index (χ0v) is 8.90. The molecule has 2 amide bonds. The van der Waals surface area contributed by atoms with Crippen molar-refractivity contribution in [3.05, 3.63) is 29.8 Å². The van der Waals surface area contributed by atoms with Crippen LogP contribution in [0.5, 0.6) is 0 Å². The van der Waals surface area contributed by atoms with Gasteiger partial charge in [0.15, 0.2) is 0 Å².